The van der Waals surface area contributed by atoms with E-state index in [1.807, 2.05) is 49.4 Å². The lowest BCUT2D eigenvalue weighted by atomic mass is 10.0. The van der Waals surface area contributed by atoms with Gasteiger partial charge >= 0.3 is 0 Å². The predicted molar refractivity (Wildman–Crippen MR) is 120 cm³/mol. The minimum Gasteiger partial charge on any atom is -0.496 e. The number of amides is 1. The molecule has 31 heavy (non-hydrogen) atoms. The number of para-hydroxylation sites is 1. The van der Waals surface area contributed by atoms with Gasteiger partial charge in [-0.1, -0.05) is 48.0 Å². The van der Waals surface area contributed by atoms with Crippen LogP contribution >= 0.6 is 0 Å². The van der Waals surface area contributed by atoms with Crippen LogP contribution in [-0.4, -0.2) is 22.9 Å². The zero-order chi connectivity index (χ0) is 22.0. The lowest BCUT2D eigenvalue weighted by molar-refractivity contribution is -0.384. The second-order valence-electron chi connectivity index (χ2n) is 7.03. The van der Waals surface area contributed by atoms with Gasteiger partial charge in [0.25, 0.3) is 11.6 Å². The number of hydrogen-bond donors (Lipinski definition) is 1. The van der Waals surface area contributed by atoms with E-state index < -0.39 is 10.8 Å². The molecule has 4 rings (SSSR count). The summed E-state index contributed by atoms with van der Waals surface area (Å²) in [5.74, 6) is -0.124. The van der Waals surface area contributed by atoms with Gasteiger partial charge in [-0.25, -0.2) is 4.98 Å². The summed E-state index contributed by atoms with van der Waals surface area (Å²) >= 11 is 0. The van der Waals surface area contributed by atoms with Crippen molar-refractivity contribution >= 4 is 28.2 Å². The predicted octanol–water partition coefficient (Wildman–Crippen LogP) is 5.38. The molecule has 154 valence electrons. The Balaban J connectivity index is 1.79. The lowest BCUT2D eigenvalue weighted by Gasteiger charge is -2.11. The van der Waals surface area contributed by atoms with E-state index in [2.05, 4.69) is 10.3 Å². The average molecular weight is 413 g/mol. The molecule has 0 atom stereocenters. The van der Waals surface area contributed by atoms with Crippen LogP contribution in [0.2, 0.25) is 0 Å². The highest BCUT2D eigenvalue weighted by Gasteiger charge is 2.20. The molecule has 1 heterocycles. The number of benzene rings is 3. The minimum absolute atomic E-state index is 0.0913. The van der Waals surface area contributed by atoms with Crippen LogP contribution in [0, 0.1) is 17.0 Å². The number of methoxy groups -OCH3 is 1. The molecule has 0 saturated heterocycles. The summed E-state index contributed by atoms with van der Waals surface area (Å²) in [6.07, 6.45) is 0. The monoisotopic (exact) mass is 413 g/mol. The first-order chi connectivity index (χ1) is 15.0. The number of nitro groups is 1. The highest BCUT2D eigenvalue weighted by molar-refractivity contribution is 6.13. The zero-order valence-corrected chi connectivity index (χ0v) is 17.0. The summed E-state index contributed by atoms with van der Waals surface area (Å²) in [6, 6.07) is 21.2. The fraction of sp³-hybridized carbons (Fsp3) is 0.0833. The Bertz CT molecular complexity index is 1300. The van der Waals surface area contributed by atoms with E-state index in [0.29, 0.717) is 27.9 Å². The van der Waals surface area contributed by atoms with E-state index >= 15 is 0 Å². The molecule has 4 aromatic rings. The van der Waals surface area contributed by atoms with Gasteiger partial charge in [0.15, 0.2) is 0 Å². The van der Waals surface area contributed by atoms with Crippen molar-refractivity contribution in [1.82, 2.24) is 4.98 Å². The van der Waals surface area contributed by atoms with Crippen molar-refractivity contribution in [2.45, 2.75) is 6.92 Å². The Morgan fingerprint density at radius 2 is 1.77 bits per heavy atom. The molecule has 0 spiro atoms. The van der Waals surface area contributed by atoms with Crippen molar-refractivity contribution in [3.05, 3.63) is 94.0 Å². The van der Waals surface area contributed by atoms with Crippen molar-refractivity contribution in [3.63, 3.8) is 0 Å². The summed E-state index contributed by atoms with van der Waals surface area (Å²) in [5.41, 5.74) is 3.53. The Morgan fingerprint density at radius 3 is 2.48 bits per heavy atom. The lowest BCUT2D eigenvalue weighted by Crippen LogP contribution is -2.14. The first kappa shape index (κ1) is 20.0. The van der Waals surface area contributed by atoms with Crippen LogP contribution < -0.4 is 10.1 Å². The first-order valence-electron chi connectivity index (χ1n) is 9.57. The number of fused-ring (bicyclic) bond motifs is 1. The number of carbonyl (C=O) groups is 1. The number of rotatable bonds is 5. The number of nitrogens with one attached hydrogen (secondary N) is 1. The van der Waals surface area contributed by atoms with E-state index in [4.69, 9.17) is 4.74 Å². The number of carbonyl (C=O) groups excluding carboxylic acids is 1. The van der Waals surface area contributed by atoms with Crippen LogP contribution in [0.25, 0.3) is 22.2 Å². The van der Waals surface area contributed by atoms with Crippen LogP contribution in [0.15, 0.2) is 72.8 Å². The fourth-order valence-corrected chi connectivity index (χ4v) is 3.32. The molecule has 7 heteroatoms. The maximum absolute atomic E-state index is 13.2. The van der Waals surface area contributed by atoms with E-state index in [0.717, 1.165) is 11.1 Å². The van der Waals surface area contributed by atoms with Gasteiger partial charge < -0.3 is 10.1 Å². The summed E-state index contributed by atoms with van der Waals surface area (Å²) in [5, 5.41) is 14.8. The highest BCUT2D eigenvalue weighted by Crippen LogP contribution is 2.31. The first-order valence-corrected chi connectivity index (χ1v) is 9.57. The minimum atomic E-state index is -0.555. The van der Waals surface area contributed by atoms with E-state index in [1.165, 1.54) is 19.2 Å². The third-order valence-corrected chi connectivity index (χ3v) is 4.96. The molecule has 0 aliphatic heterocycles. The quantitative estimate of drug-likeness (QED) is 0.350. The topological polar surface area (TPSA) is 94.4 Å². The molecular formula is C24H19N3O4. The highest BCUT2D eigenvalue weighted by atomic mass is 16.6. The van der Waals surface area contributed by atoms with Crippen molar-refractivity contribution < 1.29 is 14.5 Å². The van der Waals surface area contributed by atoms with Crippen molar-refractivity contribution in [3.8, 4) is 17.0 Å². The second kappa shape index (κ2) is 8.23. The molecule has 0 aliphatic rings. The zero-order valence-electron chi connectivity index (χ0n) is 17.0. The van der Waals surface area contributed by atoms with Crippen LogP contribution in [0.5, 0.6) is 5.75 Å². The maximum atomic E-state index is 13.2. The van der Waals surface area contributed by atoms with Crippen LogP contribution in [-0.2, 0) is 0 Å². The van der Waals surface area contributed by atoms with Gasteiger partial charge in [0.05, 0.1) is 34.9 Å². The number of nitrogens with zero attached hydrogens (tertiary/aromatic N) is 2. The molecule has 0 radical (unpaired) electrons. The Morgan fingerprint density at radius 1 is 1.03 bits per heavy atom. The molecule has 7 nitrogen and oxygen atoms in total. The smallest absolute Gasteiger partial charge is 0.296 e. The number of ether oxygens (including phenoxy) is 1. The molecule has 0 unspecified atom stereocenters. The third-order valence-electron chi connectivity index (χ3n) is 4.96. The van der Waals surface area contributed by atoms with Gasteiger partial charge in [-0.3, -0.25) is 14.9 Å². The summed E-state index contributed by atoms with van der Waals surface area (Å²) in [4.78, 5) is 28.8. The molecule has 1 amide bonds. The molecule has 0 fully saturated rings. The molecule has 1 aromatic heterocycles. The standard InChI is InChI=1S/C24H19N3O4/c1-15-7-9-16(10-8-15)22-14-19(18-5-3-4-6-20(18)25-22)24(28)26-21-12-11-17(31-2)13-23(21)27(29)30/h3-14H,1-2H3,(H,26,28). The normalized spacial score (nSPS) is 10.6. The van der Waals surface area contributed by atoms with Gasteiger partial charge in [-0.2, -0.15) is 0 Å². The number of aromatic nitrogens is 1. The Hall–Kier alpha value is -4.26. The molecule has 1 N–H and O–H groups in total. The van der Waals surface area contributed by atoms with Crippen LogP contribution in [0.3, 0.4) is 0 Å². The van der Waals surface area contributed by atoms with Gasteiger partial charge in [0, 0.05) is 10.9 Å². The van der Waals surface area contributed by atoms with E-state index in [9.17, 15) is 14.9 Å². The number of pyridine rings is 1. The summed E-state index contributed by atoms with van der Waals surface area (Å²) < 4.78 is 5.05. The largest absolute Gasteiger partial charge is 0.496 e. The van der Waals surface area contributed by atoms with Crippen LogP contribution in [0.4, 0.5) is 11.4 Å². The molecule has 0 saturated carbocycles. The van der Waals surface area contributed by atoms with E-state index in [1.54, 1.807) is 18.2 Å². The van der Waals surface area contributed by atoms with Gasteiger partial charge in [-0.05, 0) is 31.2 Å². The second-order valence-corrected chi connectivity index (χ2v) is 7.03. The van der Waals surface area contributed by atoms with Crippen molar-refractivity contribution in [1.29, 1.82) is 0 Å². The number of aryl methyl sites for hydroxylation is 1. The van der Waals surface area contributed by atoms with Crippen molar-refractivity contribution in [2.75, 3.05) is 12.4 Å². The number of hydrogen-bond acceptors (Lipinski definition) is 5. The van der Waals surface area contributed by atoms with Crippen molar-refractivity contribution in [2.24, 2.45) is 0 Å². The molecular weight excluding hydrogens is 394 g/mol. The molecule has 3 aromatic carbocycles. The van der Waals surface area contributed by atoms with E-state index in [-0.39, 0.29) is 11.4 Å². The number of nitro benzene ring substituents is 1. The van der Waals surface area contributed by atoms with Crippen LogP contribution in [0.1, 0.15) is 15.9 Å². The SMILES string of the molecule is COc1ccc(NC(=O)c2cc(-c3ccc(C)cc3)nc3ccccc23)c([N+](=O)[O-])c1. The molecule has 0 bridgehead atoms. The van der Waals surface area contributed by atoms with Gasteiger partial charge in [0.1, 0.15) is 11.4 Å². The van der Waals surface area contributed by atoms with Gasteiger partial charge in [-0.15, -0.1) is 0 Å². The molecule has 0 aliphatic carbocycles. The summed E-state index contributed by atoms with van der Waals surface area (Å²) in [6.45, 7) is 2.00. The summed E-state index contributed by atoms with van der Waals surface area (Å²) in [7, 11) is 1.42. The maximum Gasteiger partial charge on any atom is 0.296 e. The third kappa shape index (κ3) is 4.06. The number of anilines is 1. The average Bonchev–Trinajstić information content (AvgIpc) is 2.78. The Kier molecular flexibility index (Phi) is 5.32. The fourth-order valence-electron chi connectivity index (χ4n) is 3.32. The van der Waals surface area contributed by atoms with Gasteiger partial charge in [0.2, 0.25) is 0 Å². The Labute approximate surface area is 178 Å².